The Labute approximate surface area is 171 Å². The molecule has 2 aromatic rings. The van der Waals surface area contributed by atoms with Gasteiger partial charge in [-0.25, -0.2) is 8.42 Å². The summed E-state index contributed by atoms with van der Waals surface area (Å²) in [5.74, 6) is -0.129. The summed E-state index contributed by atoms with van der Waals surface area (Å²) in [6.07, 6.45) is 0. The van der Waals surface area contributed by atoms with Crippen LogP contribution in [0.5, 0.6) is 0 Å². The van der Waals surface area contributed by atoms with Crippen molar-refractivity contribution in [3.8, 4) is 6.07 Å². The van der Waals surface area contributed by atoms with Gasteiger partial charge in [-0.15, -0.1) is 0 Å². The molecule has 0 radical (unpaired) electrons. The predicted molar refractivity (Wildman–Crippen MR) is 110 cm³/mol. The van der Waals surface area contributed by atoms with Crippen LogP contribution in [-0.4, -0.2) is 51.4 Å². The van der Waals surface area contributed by atoms with Crippen LogP contribution in [0, 0.1) is 25.2 Å². The minimum absolute atomic E-state index is 0.129. The second-order valence-corrected chi connectivity index (χ2v) is 9.24. The number of carbonyl (C=O) groups excluding carboxylic acids is 1. The Morgan fingerprint density at radius 3 is 2.41 bits per heavy atom. The summed E-state index contributed by atoms with van der Waals surface area (Å²) in [6, 6.07) is 14.2. The van der Waals surface area contributed by atoms with Gasteiger partial charge in [0.05, 0.1) is 42.7 Å². The van der Waals surface area contributed by atoms with Crippen LogP contribution in [0.4, 0.5) is 5.69 Å². The van der Waals surface area contributed by atoms with E-state index in [1.54, 1.807) is 37.3 Å². The normalized spacial score (nSPS) is 15.6. The van der Waals surface area contributed by atoms with Gasteiger partial charge < -0.3 is 10.2 Å². The average molecular weight is 414 g/mol. The van der Waals surface area contributed by atoms with Crippen molar-refractivity contribution < 1.29 is 18.1 Å². The SMILES string of the molecule is Cc1ccc(C)c(S(=O)(=O)N2CC[NH+](CC(=O)Nc3ccc(C#N)cc3)CC2)c1. The van der Waals surface area contributed by atoms with Gasteiger partial charge in [0.25, 0.3) is 5.91 Å². The smallest absolute Gasteiger partial charge is 0.279 e. The maximum Gasteiger partial charge on any atom is 0.279 e. The lowest BCUT2D eigenvalue weighted by atomic mass is 10.2. The number of hydrogen-bond acceptors (Lipinski definition) is 4. The third-order valence-electron chi connectivity index (χ3n) is 5.10. The number of anilines is 1. The molecular formula is C21H25N4O3S+. The van der Waals surface area contributed by atoms with Crippen molar-refractivity contribution in [2.75, 3.05) is 38.0 Å². The molecule has 0 saturated carbocycles. The Hall–Kier alpha value is -2.73. The van der Waals surface area contributed by atoms with Crippen molar-refractivity contribution in [2.45, 2.75) is 18.7 Å². The van der Waals surface area contributed by atoms with Crippen molar-refractivity contribution >= 4 is 21.6 Å². The van der Waals surface area contributed by atoms with Crippen molar-refractivity contribution in [1.29, 1.82) is 5.26 Å². The van der Waals surface area contributed by atoms with Crippen molar-refractivity contribution in [3.05, 3.63) is 59.2 Å². The summed E-state index contributed by atoms with van der Waals surface area (Å²) >= 11 is 0. The minimum Gasteiger partial charge on any atom is -0.325 e. The van der Waals surface area contributed by atoms with Gasteiger partial charge in [-0.2, -0.15) is 9.57 Å². The van der Waals surface area contributed by atoms with Crippen LogP contribution in [-0.2, 0) is 14.8 Å². The highest BCUT2D eigenvalue weighted by atomic mass is 32.2. The topological polar surface area (TPSA) is 94.7 Å². The van der Waals surface area contributed by atoms with Gasteiger partial charge in [-0.05, 0) is 55.3 Å². The highest BCUT2D eigenvalue weighted by Crippen LogP contribution is 2.21. The van der Waals surface area contributed by atoms with Crippen LogP contribution in [0.1, 0.15) is 16.7 Å². The fourth-order valence-electron chi connectivity index (χ4n) is 3.40. The quantitative estimate of drug-likeness (QED) is 0.755. The number of nitrogens with one attached hydrogen (secondary N) is 2. The molecule has 1 heterocycles. The summed E-state index contributed by atoms with van der Waals surface area (Å²) in [5, 5.41) is 11.6. The Kier molecular flexibility index (Phi) is 6.33. The molecule has 1 aliphatic rings. The first-order valence-electron chi connectivity index (χ1n) is 9.50. The Morgan fingerprint density at radius 1 is 1.14 bits per heavy atom. The molecular weight excluding hydrogens is 388 g/mol. The number of benzene rings is 2. The van der Waals surface area contributed by atoms with E-state index in [4.69, 9.17) is 5.26 Å². The lowest BCUT2D eigenvalue weighted by Gasteiger charge is -2.31. The summed E-state index contributed by atoms with van der Waals surface area (Å²) < 4.78 is 27.5. The molecule has 0 bridgehead atoms. The lowest BCUT2D eigenvalue weighted by Crippen LogP contribution is -3.15. The fraction of sp³-hybridized carbons (Fsp3) is 0.333. The predicted octanol–water partition coefficient (Wildman–Crippen LogP) is 0.703. The van der Waals surface area contributed by atoms with Crippen LogP contribution in [0.15, 0.2) is 47.4 Å². The molecule has 29 heavy (non-hydrogen) atoms. The zero-order valence-electron chi connectivity index (χ0n) is 16.6. The Bertz CT molecular complexity index is 1030. The monoisotopic (exact) mass is 413 g/mol. The van der Waals surface area contributed by atoms with Crippen molar-refractivity contribution in [3.63, 3.8) is 0 Å². The second kappa shape index (κ2) is 8.74. The molecule has 8 heteroatoms. The number of piperazine rings is 1. The molecule has 1 aliphatic heterocycles. The van der Waals surface area contributed by atoms with Gasteiger partial charge >= 0.3 is 0 Å². The van der Waals surface area contributed by atoms with Crippen LogP contribution in [0.3, 0.4) is 0 Å². The number of aryl methyl sites for hydroxylation is 2. The van der Waals surface area contributed by atoms with Crippen molar-refractivity contribution in [1.82, 2.24) is 4.31 Å². The van der Waals surface area contributed by atoms with Crippen LogP contribution < -0.4 is 10.2 Å². The van der Waals surface area contributed by atoms with Crippen molar-refractivity contribution in [2.24, 2.45) is 0 Å². The van der Waals surface area contributed by atoms with E-state index < -0.39 is 10.0 Å². The Morgan fingerprint density at radius 2 is 1.79 bits per heavy atom. The van der Waals surface area contributed by atoms with Crippen LogP contribution in [0.2, 0.25) is 0 Å². The van der Waals surface area contributed by atoms with Gasteiger partial charge in [-0.3, -0.25) is 4.79 Å². The van der Waals surface area contributed by atoms with Gasteiger partial charge in [0.15, 0.2) is 6.54 Å². The number of amides is 1. The van der Waals surface area contributed by atoms with Gasteiger partial charge in [-0.1, -0.05) is 12.1 Å². The summed E-state index contributed by atoms with van der Waals surface area (Å²) in [7, 11) is -3.53. The number of nitrogens with zero attached hydrogens (tertiary/aromatic N) is 2. The molecule has 1 fully saturated rings. The minimum atomic E-state index is -3.53. The third kappa shape index (κ3) is 5.01. The first kappa shape index (κ1) is 21.0. The molecule has 152 valence electrons. The summed E-state index contributed by atoms with van der Waals surface area (Å²) in [5.41, 5.74) is 2.84. The zero-order valence-corrected chi connectivity index (χ0v) is 17.4. The van der Waals surface area contributed by atoms with E-state index in [0.717, 1.165) is 16.0 Å². The molecule has 0 atom stereocenters. The van der Waals surface area contributed by atoms with E-state index in [-0.39, 0.29) is 12.5 Å². The number of nitriles is 1. The zero-order chi connectivity index (χ0) is 21.0. The standard InChI is InChI=1S/C21H24N4O3S/c1-16-3-4-17(2)20(13-16)29(27,28)25-11-9-24(10-12-25)15-21(26)23-19-7-5-18(14-22)6-8-19/h3-8,13H,9-12,15H2,1-2H3,(H,23,26)/p+1. The number of hydrogen-bond donors (Lipinski definition) is 2. The first-order chi connectivity index (χ1) is 13.8. The molecule has 1 saturated heterocycles. The maximum atomic E-state index is 13.0. The molecule has 0 spiro atoms. The molecule has 2 N–H and O–H groups in total. The molecule has 3 rings (SSSR count). The largest absolute Gasteiger partial charge is 0.325 e. The maximum absolute atomic E-state index is 13.0. The second-order valence-electron chi connectivity index (χ2n) is 7.34. The van der Waals surface area contributed by atoms with E-state index in [0.29, 0.717) is 42.3 Å². The summed E-state index contributed by atoms with van der Waals surface area (Å²) in [6.45, 7) is 5.88. The van der Waals surface area contributed by atoms with Crippen LogP contribution in [0.25, 0.3) is 0 Å². The van der Waals surface area contributed by atoms with Crippen LogP contribution >= 0.6 is 0 Å². The third-order valence-corrected chi connectivity index (χ3v) is 7.14. The van der Waals surface area contributed by atoms with Gasteiger partial charge in [0.1, 0.15) is 0 Å². The van der Waals surface area contributed by atoms with E-state index in [1.165, 1.54) is 4.31 Å². The molecule has 0 aliphatic carbocycles. The number of rotatable bonds is 5. The highest BCUT2D eigenvalue weighted by molar-refractivity contribution is 7.89. The van der Waals surface area contributed by atoms with E-state index >= 15 is 0 Å². The fourth-order valence-corrected chi connectivity index (χ4v) is 5.16. The summed E-state index contributed by atoms with van der Waals surface area (Å²) in [4.78, 5) is 13.7. The molecule has 2 aromatic carbocycles. The molecule has 7 nitrogen and oxygen atoms in total. The molecule has 0 unspecified atom stereocenters. The first-order valence-corrected chi connectivity index (χ1v) is 10.9. The molecule has 0 aromatic heterocycles. The Balaban J connectivity index is 1.56. The highest BCUT2D eigenvalue weighted by Gasteiger charge is 2.32. The van der Waals surface area contributed by atoms with E-state index in [2.05, 4.69) is 5.32 Å². The van der Waals surface area contributed by atoms with Gasteiger partial charge in [0, 0.05) is 5.69 Å². The van der Waals surface area contributed by atoms with E-state index in [9.17, 15) is 13.2 Å². The number of sulfonamides is 1. The van der Waals surface area contributed by atoms with E-state index in [1.807, 2.05) is 25.1 Å². The number of carbonyl (C=O) groups is 1. The van der Waals surface area contributed by atoms with Gasteiger partial charge in [0.2, 0.25) is 10.0 Å². The average Bonchev–Trinajstić information content (AvgIpc) is 2.70. The lowest BCUT2D eigenvalue weighted by molar-refractivity contribution is -0.895. The molecule has 1 amide bonds. The number of quaternary nitrogens is 1.